The van der Waals surface area contributed by atoms with Crippen molar-refractivity contribution in [3.8, 4) is 17.3 Å². The van der Waals surface area contributed by atoms with E-state index in [1.807, 2.05) is 0 Å². The molecule has 3 aromatic rings. The van der Waals surface area contributed by atoms with Gasteiger partial charge in [0.05, 0.1) is 35.0 Å². The molecule has 1 aromatic carbocycles. The van der Waals surface area contributed by atoms with Crippen LogP contribution in [-0.4, -0.2) is 86.5 Å². The van der Waals surface area contributed by atoms with Gasteiger partial charge in [0.2, 0.25) is 5.91 Å². The van der Waals surface area contributed by atoms with E-state index in [0.29, 0.717) is 30.8 Å². The first-order chi connectivity index (χ1) is 21.0. The molecule has 1 atom stereocenters. The predicted molar refractivity (Wildman–Crippen MR) is 146 cm³/mol. The van der Waals surface area contributed by atoms with Gasteiger partial charge >= 0.3 is 6.18 Å². The number of halogens is 4. The van der Waals surface area contributed by atoms with Crippen LogP contribution in [0.15, 0.2) is 24.5 Å². The molecule has 2 aliphatic rings. The van der Waals surface area contributed by atoms with Gasteiger partial charge in [0, 0.05) is 45.5 Å². The first-order valence-corrected chi connectivity index (χ1v) is 13.9. The van der Waals surface area contributed by atoms with Crippen molar-refractivity contribution in [3.05, 3.63) is 58.6 Å². The van der Waals surface area contributed by atoms with Crippen LogP contribution in [0.2, 0.25) is 0 Å². The first-order valence-electron chi connectivity index (χ1n) is 13.9. The van der Waals surface area contributed by atoms with E-state index in [1.165, 1.54) is 4.90 Å². The summed E-state index contributed by atoms with van der Waals surface area (Å²) in [4.78, 5) is 48.2. The van der Waals surface area contributed by atoms with Crippen molar-refractivity contribution >= 4 is 17.7 Å². The molecule has 2 aliphatic heterocycles. The normalized spacial score (nSPS) is 17.0. The van der Waals surface area contributed by atoms with Crippen molar-refractivity contribution in [2.45, 2.75) is 32.6 Å². The summed E-state index contributed by atoms with van der Waals surface area (Å²) in [6.45, 7) is 3.82. The number of H-pyrrole nitrogens is 1. The topological polar surface area (TPSA) is 152 Å². The molecular formula is C28H29F4N9O3. The number of rotatable bonds is 7. The number of carbonyl (C=O) groups excluding carboxylic acids is 3. The summed E-state index contributed by atoms with van der Waals surface area (Å²) in [5, 5.41) is 17.9. The molecular weight excluding hydrogens is 586 g/mol. The van der Waals surface area contributed by atoms with Crippen LogP contribution in [0.4, 0.5) is 17.6 Å². The molecule has 0 radical (unpaired) electrons. The molecule has 3 amide bonds. The molecule has 0 saturated carbocycles. The third kappa shape index (κ3) is 6.42. The highest BCUT2D eigenvalue weighted by atomic mass is 19.4. The van der Waals surface area contributed by atoms with E-state index in [4.69, 9.17) is 5.26 Å². The van der Waals surface area contributed by atoms with Gasteiger partial charge in [-0.25, -0.2) is 9.37 Å². The Hall–Kier alpha value is -4.78. The lowest BCUT2D eigenvalue weighted by atomic mass is 10.0. The second kappa shape index (κ2) is 12.4. The Kier molecular flexibility index (Phi) is 8.68. The summed E-state index contributed by atoms with van der Waals surface area (Å²) in [6, 6.07) is 4.42. The molecule has 12 nitrogen and oxygen atoms in total. The Balaban J connectivity index is 1.21. The number of alkyl halides is 3. The molecule has 2 fully saturated rings. The van der Waals surface area contributed by atoms with Gasteiger partial charge in [0.25, 0.3) is 11.8 Å². The summed E-state index contributed by atoms with van der Waals surface area (Å²) >= 11 is 0. The second-order valence-electron chi connectivity index (χ2n) is 10.6. The Morgan fingerprint density at radius 3 is 2.52 bits per heavy atom. The van der Waals surface area contributed by atoms with Crippen molar-refractivity contribution in [3.63, 3.8) is 0 Å². The number of nitrogens with one attached hydrogen (secondary N) is 3. The summed E-state index contributed by atoms with van der Waals surface area (Å²) < 4.78 is 56.4. The number of nitriles is 1. The average Bonchev–Trinajstić information content (AvgIpc) is 3.76. The smallest absolute Gasteiger partial charge is 0.345 e. The van der Waals surface area contributed by atoms with E-state index in [9.17, 15) is 27.6 Å². The molecule has 16 heteroatoms. The van der Waals surface area contributed by atoms with Gasteiger partial charge in [-0.2, -0.15) is 23.5 Å². The Morgan fingerprint density at radius 2 is 1.89 bits per heavy atom. The minimum Gasteiger partial charge on any atom is -0.345 e. The quantitative estimate of drug-likeness (QED) is 0.344. The van der Waals surface area contributed by atoms with Crippen LogP contribution < -0.4 is 10.6 Å². The Morgan fingerprint density at radius 1 is 1.16 bits per heavy atom. The zero-order valence-electron chi connectivity index (χ0n) is 23.7. The monoisotopic (exact) mass is 615 g/mol. The number of benzene rings is 1. The fourth-order valence-electron chi connectivity index (χ4n) is 5.42. The largest absolute Gasteiger partial charge is 0.435 e. The predicted octanol–water partition coefficient (Wildman–Crippen LogP) is 2.09. The van der Waals surface area contributed by atoms with Crippen molar-refractivity contribution in [1.82, 2.24) is 40.2 Å². The van der Waals surface area contributed by atoms with Crippen molar-refractivity contribution < 1.29 is 31.9 Å². The van der Waals surface area contributed by atoms with Gasteiger partial charge in [-0.15, -0.1) is 0 Å². The molecule has 3 N–H and O–H groups in total. The molecule has 4 heterocycles. The van der Waals surface area contributed by atoms with Gasteiger partial charge in [-0.05, 0) is 37.1 Å². The van der Waals surface area contributed by atoms with E-state index in [0.717, 1.165) is 36.1 Å². The maximum atomic E-state index is 15.2. The molecule has 0 aliphatic carbocycles. The molecule has 0 spiro atoms. The van der Waals surface area contributed by atoms with Crippen LogP contribution in [0.3, 0.4) is 0 Å². The highest BCUT2D eigenvalue weighted by molar-refractivity contribution is 5.96. The fraction of sp³-hybridized carbons (Fsp3) is 0.429. The fourth-order valence-corrected chi connectivity index (χ4v) is 5.42. The Bertz CT molecular complexity index is 1590. The average molecular weight is 616 g/mol. The highest BCUT2D eigenvalue weighted by Crippen LogP contribution is 2.35. The maximum absolute atomic E-state index is 15.2. The van der Waals surface area contributed by atoms with Crippen LogP contribution >= 0.6 is 0 Å². The van der Waals surface area contributed by atoms with Gasteiger partial charge in [0.1, 0.15) is 12.4 Å². The summed E-state index contributed by atoms with van der Waals surface area (Å²) in [7, 11) is 0. The second-order valence-corrected chi connectivity index (χ2v) is 10.6. The Labute approximate surface area is 249 Å². The van der Waals surface area contributed by atoms with Crippen LogP contribution in [0.5, 0.6) is 0 Å². The minimum atomic E-state index is -4.81. The van der Waals surface area contributed by atoms with Crippen molar-refractivity contribution in [1.29, 1.82) is 5.26 Å². The first kappa shape index (κ1) is 30.7. The van der Waals surface area contributed by atoms with E-state index >= 15 is 4.39 Å². The summed E-state index contributed by atoms with van der Waals surface area (Å²) in [5.74, 6) is -2.27. The van der Waals surface area contributed by atoms with Crippen LogP contribution in [0.1, 0.15) is 44.2 Å². The number of hydrogen-bond acceptors (Lipinski definition) is 7. The molecule has 2 saturated heterocycles. The zero-order chi connectivity index (χ0) is 31.6. The number of hydrogen-bond donors (Lipinski definition) is 3. The zero-order valence-corrected chi connectivity index (χ0v) is 23.7. The number of aryl methyl sites for hydroxylation is 1. The lowest BCUT2D eigenvalue weighted by molar-refractivity contribution is -0.141. The summed E-state index contributed by atoms with van der Waals surface area (Å²) in [5.41, 5.74) is -1.11. The lowest BCUT2D eigenvalue weighted by Gasteiger charge is -2.36. The number of carbonyl (C=O) groups is 3. The molecule has 44 heavy (non-hydrogen) atoms. The number of aromatic amines is 1. The number of amides is 3. The van der Waals surface area contributed by atoms with Gasteiger partial charge in [0.15, 0.2) is 11.5 Å². The third-order valence-electron chi connectivity index (χ3n) is 7.65. The van der Waals surface area contributed by atoms with Crippen molar-refractivity contribution in [2.24, 2.45) is 5.92 Å². The van der Waals surface area contributed by atoms with Gasteiger partial charge in [-0.1, -0.05) is 6.07 Å². The molecule has 0 unspecified atom stereocenters. The van der Waals surface area contributed by atoms with Gasteiger partial charge < -0.3 is 25.4 Å². The third-order valence-corrected chi connectivity index (χ3v) is 7.65. The highest BCUT2D eigenvalue weighted by Gasteiger charge is 2.38. The number of nitrogens with zero attached hydrogens (tertiary/aromatic N) is 6. The SMILES string of the molecule is Cc1cc(CNC(=O)c2ncc(-c3cn(CC#N)nc3C(F)(F)F)[nH]2)cc(F)c1C(=O)N1CCN(C(=O)[C@H]2CCNC2)CC1. The molecule has 0 bridgehead atoms. The van der Waals surface area contributed by atoms with E-state index in [-0.39, 0.29) is 54.1 Å². The molecule has 232 valence electrons. The molecule has 2 aromatic heterocycles. The molecule has 5 rings (SSSR count). The minimum absolute atomic E-state index is 0.0534. The number of aromatic nitrogens is 4. The van der Waals surface area contributed by atoms with E-state index in [2.05, 4.69) is 25.7 Å². The standard InChI is InChI=1S/C28H29F4N9O3/c1-16-10-17(11-20(29)22(16)27(44)40-8-6-39(7-9-40)26(43)18-2-4-34-13-18)12-36-25(42)24-35-14-21(37-24)19-15-41(5-3-33)38-23(19)28(30,31)32/h10-11,14-15,18,34H,2,4-9,12-13H2,1H3,(H,35,37)(H,36,42)/t18-/m0/s1. The van der Waals surface area contributed by atoms with Crippen LogP contribution in [0.25, 0.3) is 11.3 Å². The lowest BCUT2D eigenvalue weighted by Crippen LogP contribution is -2.52. The van der Waals surface area contributed by atoms with E-state index < -0.39 is 36.0 Å². The summed E-state index contributed by atoms with van der Waals surface area (Å²) in [6.07, 6.45) is -1.94. The maximum Gasteiger partial charge on any atom is 0.435 e. The van der Waals surface area contributed by atoms with Crippen LogP contribution in [-0.2, 0) is 24.1 Å². The van der Waals surface area contributed by atoms with Gasteiger partial charge in [-0.3, -0.25) is 19.1 Å². The van der Waals surface area contributed by atoms with Crippen molar-refractivity contribution in [2.75, 3.05) is 39.3 Å². The van der Waals surface area contributed by atoms with Crippen LogP contribution in [0, 0.1) is 30.0 Å². The van der Waals surface area contributed by atoms with E-state index in [1.54, 1.807) is 24.0 Å². The number of piperazine rings is 1. The number of imidazole rings is 1.